The number of nitrogens with zero attached hydrogens (tertiary/aromatic N) is 1. The van der Waals surface area contributed by atoms with E-state index >= 15 is 0 Å². The number of carboxylic acid groups (broad SMARTS) is 1. The summed E-state index contributed by atoms with van der Waals surface area (Å²) in [6.45, 7) is 1.92. The maximum absolute atomic E-state index is 11.8. The van der Waals surface area contributed by atoms with Crippen LogP contribution >= 0.6 is 0 Å². The predicted octanol–water partition coefficient (Wildman–Crippen LogP) is 2.19. The number of hydrogen-bond acceptors (Lipinski definition) is 4. The van der Waals surface area contributed by atoms with Crippen LogP contribution in [0.15, 0.2) is 34.9 Å². The lowest BCUT2D eigenvalue weighted by molar-refractivity contribution is 0.0696. The summed E-state index contributed by atoms with van der Waals surface area (Å²) >= 11 is 0. The van der Waals surface area contributed by atoms with E-state index in [4.69, 9.17) is 9.52 Å². The lowest BCUT2D eigenvalue weighted by Crippen LogP contribution is -2.12. The number of pyridine rings is 1. The lowest BCUT2D eigenvalue weighted by Gasteiger charge is -2.02. The highest BCUT2D eigenvalue weighted by Crippen LogP contribution is 2.11. The molecule has 0 saturated carbocycles. The second-order valence-corrected chi connectivity index (χ2v) is 3.81. The quantitative estimate of drug-likeness (QED) is 0.879. The number of carbonyl (C=O) groups is 2. The van der Waals surface area contributed by atoms with Crippen LogP contribution in [-0.2, 0) is 6.42 Å². The average molecular weight is 260 g/mol. The molecule has 0 aliphatic rings. The number of carbonyl (C=O) groups excluding carboxylic acids is 1. The molecule has 2 aromatic rings. The summed E-state index contributed by atoms with van der Waals surface area (Å²) < 4.78 is 5.29. The van der Waals surface area contributed by atoms with E-state index in [1.807, 2.05) is 6.92 Å². The van der Waals surface area contributed by atoms with E-state index in [2.05, 4.69) is 10.3 Å². The smallest absolute Gasteiger partial charge is 0.337 e. The molecule has 1 amide bonds. The van der Waals surface area contributed by atoms with Gasteiger partial charge in [0, 0.05) is 12.6 Å². The number of anilines is 1. The van der Waals surface area contributed by atoms with Gasteiger partial charge in [0.15, 0.2) is 5.76 Å². The van der Waals surface area contributed by atoms with Gasteiger partial charge in [-0.1, -0.05) is 6.92 Å². The van der Waals surface area contributed by atoms with E-state index in [1.165, 1.54) is 18.3 Å². The second-order valence-electron chi connectivity index (χ2n) is 3.81. The Hall–Kier alpha value is -2.63. The summed E-state index contributed by atoms with van der Waals surface area (Å²) in [5, 5.41) is 11.2. The first-order valence-electron chi connectivity index (χ1n) is 5.69. The third-order valence-electron chi connectivity index (χ3n) is 2.49. The zero-order chi connectivity index (χ0) is 13.8. The molecular weight excluding hydrogens is 248 g/mol. The topological polar surface area (TPSA) is 92.4 Å². The van der Waals surface area contributed by atoms with Crippen molar-refractivity contribution in [2.75, 3.05) is 5.32 Å². The number of nitrogens with one attached hydrogen (secondary N) is 1. The standard InChI is InChI=1S/C13H12N2O4/c1-2-9-4-5-10(19-9)12(16)15-11-6-3-8(7-14-11)13(17)18/h3-7H,2H2,1H3,(H,17,18)(H,14,15,16). The first-order chi connectivity index (χ1) is 9.10. The first-order valence-corrected chi connectivity index (χ1v) is 5.69. The van der Waals surface area contributed by atoms with Crippen LogP contribution in [-0.4, -0.2) is 22.0 Å². The van der Waals surface area contributed by atoms with Crippen molar-refractivity contribution in [2.45, 2.75) is 13.3 Å². The molecule has 2 rings (SSSR count). The highest BCUT2D eigenvalue weighted by atomic mass is 16.4. The van der Waals surface area contributed by atoms with Crippen LogP contribution < -0.4 is 5.32 Å². The molecule has 0 bridgehead atoms. The monoisotopic (exact) mass is 260 g/mol. The minimum Gasteiger partial charge on any atom is -0.478 e. The van der Waals surface area contributed by atoms with Crippen molar-refractivity contribution in [2.24, 2.45) is 0 Å². The molecule has 0 aliphatic heterocycles. The van der Waals surface area contributed by atoms with Gasteiger partial charge >= 0.3 is 5.97 Å². The molecule has 0 unspecified atom stereocenters. The Morgan fingerprint density at radius 1 is 1.32 bits per heavy atom. The Kier molecular flexibility index (Phi) is 3.61. The molecule has 0 fully saturated rings. The molecule has 0 aliphatic carbocycles. The SMILES string of the molecule is CCc1ccc(C(=O)Nc2ccc(C(=O)O)cn2)o1. The Bertz CT molecular complexity index is 601. The van der Waals surface area contributed by atoms with Gasteiger partial charge in [-0.3, -0.25) is 4.79 Å². The van der Waals surface area contributed by atoms with Gasteiger partial charge in [0.1, 0.15) is 11.6 Å². The van der Waals surface area contributed by atoms with E-state index in [9.17, 15) is 9.59 Å². The van der Waals surface area contributed by atoms with Gasteiger partial charge in [-0.15, -0.1) is 0 Å². The van der Waals surface area contributed by atoms with Crippen molar-refractivity contribution in [1.29, 1.82) is 0 Å². The van der Waals surface area contributed by atoms with Gasteiger partial charge in [0.25, 0.3) is 5.91 Å². The first kappa shape index (κ1) is 12.8. The molecule has 0 atom stereocenters. The molecular formula is C13H12N2O4. The fourth-order valence-corrected chi connectivity index (χ4v) is 1.46. The largest absolute Gasteiger partial charge is 0.478 e. The molecule has 0 spiro atoms. The maximum atomic E-state index is 11.8. The van der Waals surface area contributed by atoms with Crippen molar-refractivity contribution >= 4 is 17.7 Å². The van der Waals surface area contributed by atoms with Crippen LogP contribution in [0.25, 0.3) is 0 Å². The molecule has 98 valence electrons. The number of carboxylic acids is 1. The Morgan fingerprint density at radius 2 is 2.11 bits per heavy atom. The van der Waals surface area contributed by atoms with E-state index < -0.39 is 11.9 Å². The van der Waals surface area contributed by atoms with Gasteiger partial charge in [0.05, 0.1) is 5.56 Å². The number of rotatable bonds is 4. The van der Waals surface area contributed by atoms with Gasteiger partial charge < -0.3 is 14.8 Å². The van der Waals surface area contributed by atoms with E-state index in [0.717, 1.165) is 5.76 Å². The van der Waals surface area contributed by atoms with Gasteiger partial charge in [-0.05, 0) is 24.3 Å². The van der Waals surface area contributed by atoms with Crippen LogP contribution in [0.1, 0.15) is 33.6 Å². The maximum Gasteiger partial charge on any atom is 0.337 e. The molecule has 0 saturated heterocycles. The minimum absolute atomic E-state index is 0.0595. The van der Waals surface area contributed by atoms with Crippen LogP contribution in [0.4, 0.5) is 5.82 Å². The third-order valence-corrected chi connectivity index (χ3v) is 2.49. The fourth-order valence-electron chi connectivity index (χ4n) is 1.46. The number of furan rings is 1. The highest BCUT2D eigenvalue weighted by Gasteiger charge is 2.12. The number of hydrogen-bond donors (Lipinski definition) is 2. The van der Waals surface area contributed by atoms with Crippen molar-refractivity contribution < 1.29 is 19.1 Å². The predicted molar refractivity (Wildman–Crippen MR) is 67.2 cm³/mol. The minimum atomic E-state index is -1.07. The highest BCUT2D eigenvalue weighted by molar-refractivity contribution is 6.01. The van der Waals surface area contributed by atoms with Crippen molar-refractivity contribution in [1.82, 2.24) is 4.98 Å². The lowest BCUT2D eigenvalue weighted by atomic mass is 10.3. The Balaban J connectivity index is 2.08. The van der Waals surface area contributed by atoms with E-state index in [0.29, 0.717) is 6.42 Å². The summed E-state index contributed by atoms with van der Waals surface area (Å²) in [5.41, 5.74) is 0.0595. The van der Waals surface area contributed by atoms with Crippen LogP contribution in [0.2, 0.25) is 0 Å². The van der Waals surface area contributed by atoms with Gasteiger partial charge in [-0.2, -0.15) is 0 Å². The van der Waals surface area contributed by atoms with Crippen LogP contribution in [0.3, 0.4) is 0 Å². The molecule has 19 heavy (non-hydrogen) atoms. The zero-order valence-corrected chi connectivity index (χ0v) is 10.2. The molecule has 6 heteroatoms. The summed E-state index contributed by atoms with van der Waals surface area (Å²) in [4.78, 5) is 26.3. The zero-order valence-electron chi connectivity index (χ0n) is 10.2. The Labute approximate surface area is 109 Å². The third kappa shape index (κ3) is 2.98. The summed E-state index contributed by atoms with van der Waals surface area (Å²) in [7, 11) is 0. The molecule has 2 heterocycles. The molecule has 2 N–H and O–H groups in total. The van der Waals surface area contributed by atoms with Crippen molar-refractivity contribution in [3.8, 4) is 0 Å². The van der Waals surface area contributed by atoms with E-state index in [-0.39, 0.29) is 17.1 Å². The average Bonchev–Trinajstić information content (AvgIpc) is 2.88. The molecule has 0 aromatic carbocycles. The molecule has 6 nitrogen and oxygen atoms in total. The summed E-state index contributed by atoms with van der Waals surface area (Å²) in [6, 6.07) is 6.10. The molecule has 0 radical (unpaired) electrons. The van der Waals surface area contributed by atoms with Gasteiger partial charge in [0.2, 0.25) is 0 Å². The normalized spacial score (nSPS) is 10.2. The van der Waals surface area contributed by atoms with E-state index in [1.54, 1.807) is 12.1 Å². The molecule has 2 aromatic heterocycles. The van der Waals surface area contributed by atoms with Crippen LogP contribution in [0, 0.1) is 0 Å². The second kappa shape index (κ2) is 5.34. The Morgan fingerprint density at radius 3 is 2.63 bits per heavy atom. The number of amides is 1. The number of aromatic carboxylic acids is 1. The number of aromatic nitrogens is 1. The number of aryl methyl sites for hydroxylation is 1. The summed E-state index contributed by atoms with van der Waals surface area (Å²) in [5.74, 6) is -0.302. The van der Waals surface area contributed by atoms with Crippen molar-refractivity contribution in [3.05, 3.63) is 47.5 Å². The summed E-state index contributed by atoms with van der Waals surface area (Å²) in [6.07, 6.45) is 1.89. The van der Waals surface area contributed by atoms with Gasteiger partial charge in [-0.25, -0.2) is 9.78 Å². The van der Waals surface area contributed by atoms with Crippen LogP contribution in [0.5, 0.6) is 0 Å². The van der Waals surface area contributed by atoms with Crippen molar-refractivity contribution in [3.63, 3.8) is 0 Å². The fraction of sp³-hybridized carbons (Fsp3) is 0.154.